The van der Waals surface area contributed by atoms with Crippen LogP contribution in [-0.2, 0) is 0 Å². The van der Waals surface area contributed by atoms with Gasteiger partial charge in [-0.15, -0.1) is 0 Å². The summed E-state index contributed by atoms with van der Waals surface area (Å²) in [4.78, 5) is 0. The molecule has 1 atom stereocenters. The first-order chi connectivity index (χ1) is 8.85. The molecule has 1 unspecified atom stereocenters. The summed E-state index contributed by atoms with van der Waals surface area (Å²) in [5, 5.41) is 10.7. The molecule has 0 spiro atoms. The molecule has 0 fully saturated rings. The fourth-order valence-electron chi connectivity index (χ4n) is 2.59. The molecule has 0 aromatic rings. The molecule has 0 saturated carbocycles. The molecule has 0 rings (SSSR count). The third kappa shape index (κ3) is 12.4. The molecule has 2 N–H and O–H groups in total. The van der Waals surface area contributed by atoms with Crippen LogP contribution < -0.4 is 5.48 Å². The number of unbranched alkanes of at least 4 members (excludes halogenated alkanes) is 8. The van der Waals surface area contributed by atoms with Crippen LogP contribution in [-0.4, -0.2) is 6.54 Å². The van der Waals surface area contributed by atoms with E-state index in [0.29, 0.717) is 5.92 Å². The minimum absolute atomic E-state index is 0.672. The number of nitrogens with two attached hydrogens (primary N) is 1. The average molecular weight is 257 g/mol. The molecule has 0 bridgehead atoms. The zero-order chi connectivity index (χ0) is 13.5. The van der Waals surface area contributed by atoms with E-state index in [-0.39, 0.29) is 0 Å². The van der Waals surface area contributed by atoms with E-state index in [1.54, 1.807) is 0 Å². The van der Waals surface area contributed by atoms with E-state index in [2.05, 4.69) is 13.8 Å². The van der Waals surface area contributed by atoms with Gasteiger partial charge in [-0.25, -0.2) is 0 Å². The van der Waals surface area contributed by atoms with Gasteiger partial charge in [0.05, 0.1) is 6.54 Å². The summed E-state index contributed by atoms with van der Waals surface area (Å²) in [7, 11) is 0. The summed E-state index contributed by atoms with van der Waals surface area (Å²) in [5.74, 6) is 0.672. The Morgan fingerprint density at radius 3 is 1.67 bits per heavy atom. The Bertz CT molecular complexity index is 150. The molecule has 0 radical (unpaired) electrons. The number of hydrogen-bond acceptors (Lipinski definition) is 1. The predicted octanol–water partition coefficient (Wildman–Crippen LogP) is 4.38. The van der Waals surface area contributed by atoms with Gasteiger partial charge in [-0.05, 0) is 12.8 Å². The molecule has 0 amide bonds. The summed E-state index contributed by atoms with van der Waals surface area (Å²) in [6, 6.07) is 0. The molecular formula is C16H35NO. The van der Waals surface area contributed by atoms with E-state index in [4.69, 9.17) is 0 Å². The van der Waals surface area contributed by atoms with Gasteiger partial charge in [0.1, 0.15) is 0 Å². The van der Waals surface area contributed by atoms with Gasteiger partial charge in [0.25, 0.3) is 0 Å². The maximum Gasteiger partial charge on any atom is 0.0781 e. The number of hydroxylamine groups is 1. The van der Waals surface area contributed by atoms with Gasteiger partial charge in [0.2, 0.25) is 0 Å². The first-order valence-electron chi connectivity index (χ1n) is 8.28. The van der Waals surface area contributed by atoms with Crippen LogP contribution in [0.15, 0.2) is 0 Å². The highest BCUT2D eigenvalue weighted by Crippen LogP contribution is 2.17. The first-order valence-corrected chi connectivity index (χ1v) is 8.28. The van der Waals surface area contributed by atoms with Crippen molar-refractivity contribution < 1.29 is 5.48 Å². The monoisotopic (exact) mass is 257 g/mol. The van der Waals surface area contributed by atoms with Crippen LogP contribution >= 0.6 is 0 Å². The minimum atomic E-state index is 0.672. The van der Waals surface area contributed by atoms with Crippen molar-refractivity contribution in [3.63, 3.8) is 0 Å². The van der Waals surface area contributed by atoms with Crippen molar-refractivity contribution >= 4 is 0 Å². The minimum Gasteiger partial charge on any atom is -0.636 e. The topological polar surface area (TPSA) is 39.7 Å². The standard InChI is InChI=1S/C16H35NO/c1-3-5-7-9-10-12-14-16(15-17-18)13-11-8-6-4-2/h16H,3-15,17H2,1-2H3. The van der Waals surface area contributed by atoms with Crippen molar-refractivity contribution in [3.05, 3.63) is 5.21 Å². The highest BCUT2D eigenvalue weighted by atomic mass is 16.5. The third-order valence-corrected chi connectivity index (χ3v) is 3.86. The molecule has 2 heteroatoms. The lowest BCUT2D eigenvalue weighted by Crippen LogP contribution is -2.78. The van der Waals surface area contributed by atoms with Gasteiger partial charge < -0.3 is 10.7 Å². The lowest BCUT2D eigenvalue weighted by atomic mass is 9.94. The second-order valence-electron chi connectivity index (χ2n) is 5.67. The Kier molecular flexibility index (Phi) is 14.9. The van der Waals surface area contributed by atoms with Crippen molar-refractivity contribution in [2.75, 3.05) is 6.54 Å². The van der Waals surface area contributed by atoms with Crippen LogP contribution in [0.5, 0.6) is 0 Å². The predicted molar refractivity (Wildman–Crippen MR) is 80.4 cm³/mol. The molecule has 0 aromatic carbocycles. The third-order valence-electron chi connectivity index (χ3n) is 3.86. The van der Waals surface area contributed by atoms with Crippen LogP contribution in [0.4, 0.5) is 0 Å². The van der Waals surface area contributed by atoms with Crippen LogP contribution in [0.25, 0.3) is 0 Å². The number of rotatable bonds is 14. The molecule has 0 heterocycles. The Labute approximate surface area is 115 Å². The van der Waals surface area contributed by atoms with Crippen LogP contribution in [0.2, 0.25) is 0 Å². The molecule has 0 aliphatic heterocycles. The number of quaternary nitrogens is 1. The second kappa shape index (κ2) is 15.0. The summed E-state index contributed by atoms with van der Waals surface area (Å²) in [6.07, 6.45) is 16.1. The molecular weight excluding hydrogens is 222 g/mol. The molecule has 18 heavy (non-hydrogen) atoms. The van der Waals surface area contributed by atoms with Gasteiger partial charge in [-0.3, -0.25) is 0 Å². The zero-order valence-corrected chi connectivity index (χ0v) is 12.8. The van der Waals surface area contributed by atoms with Crippen LogP contribution in [0.1, 0.15) is 90.9 Å². The quantitative estimate of drug-likeness (QED) is 0.364. The van der Waals surface area contributed by atoms with E-state index < -0.39 is 0 Å². The van der Waals surface area contributed by atoms with Crippen LogP contribution in [0, 0.1) is 11.1 Å². The summed E-state index contributed by atoms with van der Waals surface area (Å²) in [6.45, 7) is 5.30. The fraction of sp³-hybridized carbons (Fsp3) is 1.00. The molecule has 0 aromatic heterocycles. The maximum atomic E-state index is 10.7. The maximum absolute atomic E-state index is 10.7. The zero-order valence-electron chi connectivity index (χ0n) is 12.8. The van der Waals surface area contributed by atoms with Crippen molar-refractivity contribution in [3.8, 4) is 0 Å². The van der Waals surface area contributed by atoms with Crippen molar-refractivity contribution in [1.29, 1.82) is 0 Å². The van der Waals surface area contributed by atoms with E-state index in [0.717, 1.165) is 12.0 Å². The highest BCUT2D eigenvalue weighted by molar-refractivity contribution is 4.59. The molecule has 0 aliphatic carbocycles. The highest BCUT2D eigenvalue weighted by Gasteiger charge is 2.08. The Balaban J connectivity index is 3.44. The molecule has 2 nitrogen and oxygen atoms in total. The SMILES string of the molecule is CCCCCCCCC(CCCCCC)C[NH2+][O-]. The summed E-state index contributed by atoms with van der Waals surface area (Å²) >= 11 is 0. The molecule has 110 valence electrons. The Morgan fingerprint density at radius 1 is 0.722 bits per heavy atom. The summed E-state index contributed by atoms with van der Waals surface area (Å²) in [5.41, 5.74) is 1.13. The average Bonchev–Trinajstić information content (AvgIpc) is 2.38. The summed E-state index contributed by atoms with van der Waals surface area (Å²) < 4.78 is 0. The van der Waals surface area contributed by atoms with Gasteiger partial charge in [-0.1, -0.05) is 78.1 Å². The fourth-order valence-corrected chi connectivity index (χ4v) is 2.59. The Morgan fingerprint density at radius 2 is 1.17 bits per heavy atom. The van der Waals surface area contributed by atoms with Gasteiger partial charge in [0.15, 0.2) is 0 Å². The van der Waals surface area contributed by atoms with Crippen molar-refractivity contribution in [1.82, 2.24) is 0 Å². The largest absolute Gasteiger partial charge is 0.636 e. The van der Waals surface area contributed by atoms with Gasteiger partial charge >= 0.3 is 0 Å². The van der Waals surface area contributed by atoms with E-state index in [9.17, 15) is 5.21 Å². The van der Waals surface area contributed by atoms with E-state index in [1.807, 2.05) is 0 Å². The molecule has 0 saturated heterocycles. The second-order valence-corrected chi connectivity index (χ2v) is 5.67. The van der Waals surface area contributed by atoms with E-state index in [1.165, 1.54) is 77.0 Å². The lowest BCUT2D eigenvalue weighted by molar-refractivity contribution is -0.595. The van der Waals surface area contributed by atoms with Crippen LogP contribution in [0.3, 0.4) is 0 Å². The van der Waals surface area contributed by atoms with Crippen molar-refractivity contribution in [2.45, 2.75) is 90.9 Å². The smallest absolute Gasteiger partial charge is 0.0781 e. The first kappa shape index (κ1) is 17.9. The van der Waals surface area contributed by atoms with Gasteiger partial charge in [-0.2, -0.15) is 0 Å². The van der Waals surface area contributed by atoms with E-state index >= 15 is 0 Å². The normalized spacial score (nSPS) is 12.8. The van der Waals surface area contributed by atoms with Crippen molar-refractivity contribution in [2.24, 2.45) is 5.92 Å². The van der Waals surface area contributed by atoms with Gasteiger partial charge in [0, 0.05) is 5.92 Å². The number of hydrogen-bond donors (Lipinski definition) is 1. The lowest BCUT2D eigenvalue weighted by Gasteiger charge is -2.16. The molecule has 0 aliphatic rings. The Hall–Kier alpha value is -0.0800.